The number of methoxy groups -OCH3 is 2. The molecule has 226 valence electrons. The van der Waals surface area contributed by atoms with E-state index >= 15 is 0 Å². The van der Waals surface area contributed by atoms with Crippen molar-refractivity contribution in [1.82, 2.24) is 9.88 Å². The zero-order chi connectivity index (χ0) is 31.4. The number of Topliss-reactive ketones (excluding diaryl/α,β-unsaturated/α-hetero) is 1. The number of rotatable bonds is 11. The number of para-hydroxylation sites is 1. The van der Waals surface area contributed by atoms with Gasteiger partial charge in [0, 0.05) is 16.6 Å². The van der Waals surface area contributed by atoms with Crippen molar-refractivity contribution < 1.29 is 28.7 Å². The Morgan fingerprint density at radius 2 is 1.57 bits per heavy atom. The molecule has 0 bridgehead atoms. The fourth-order valence-electron chi connectivity index (χ4n) is 5.09. The summed E-state index contributed by atoms with van der Waals surface area (Å²) in [7, 11) is 3.16. The highest BCUT2D eigenvalue weighted by Crippen LogP contribution is 2.30. The van der Waals surface area contributed by atoms with Gasteiger partial charge in [-0.3, -0.25) is 24.1 Å². The first-order valence-electron chi connectivity index (χ1n) is 14.0. The van der Waals surface area contributed by atoms with Gasteiger partial charge in [-0.1, -0.05) is 26.0 Å². The van der Waals surface area contributed by atoms with E-state index in [1.165, 1.54) is 21.1 Å². The monoisotopic (exact) mass is 612 g/mol. The number of thiazole rings is 1. The van der Waals surface area contributed by atoms with Crippen LogP contribution < -0.4 is 19.7 Å². The molecule has 0 aliphatic carbocycles. The van der Waals surface area contributed by atoms with Gasteiger partial charge in [0.15, 0.2) is 0 Å². The molecule has 2 heterocycles. The SMILES string of the molecule is COc1ccc(NC(=O)C(C(C)C)N(Cc2nc(-c3ccc(OC)cc3)cs2)C(=O)CN2C(=O)C(=O)c3ccccc32)cc1. The van der Waals surface area contributed by atoms with Crippen LogP contribution in [0.4, 0.5) is 11.4 Å². The second-order valence-corrected chi connectivity index (χ2v) is 11.5. The minimum atomic E-state index is -0.915. The van der Waals surface area contributed by atoms with Gasteiger partial charge in [-0.05, 0) is 66.6 Å². The molecular formula is C33H32N4O6S. The number of nitrogens with zero attached hydrogens (tertiary/aromatic N) is 3. The van der Waals surface area contributed by atoms with E-state index in [1.54, 1.807) is 62.8 Å². The molecule has 1 aliphatic heterocycles. The molecule has 4 aromatic rings. The van der Waals surface area contributed by atoms with Crippen molar-refractivity contribution >= 4 is 46.2 Å². The van der Waals surface area contributed by atoms with Crippen LogP contribution in [0.25, 0.3) is 11.3 Å². The maximum Gasteiger partial charge on any atom is 0.299 e. The summed E-state index contributed by atoms with van der Waals surface area (Å²) in [6, 6.07) is 20.0. The molecule has 0 spiro atoms. The van der Waals surface area contributed by atoms with Crippen LogP contribution in [-0.4, -0.2) is 60.2 Å². The summed E-state index contributed by atoms with van der Waals surface area (Å²) in [6.45, 7) is 3.32. The van der Waals surface area contributed by atoms with Crippen molar-refractivity contribution in [3.05, 3.63) is 88.7 Å². The zero-order valence-corrected chi connectivity index (χ0v) is 25.6. The third kappa shape index (κ3) is 6.32. The minimum absolute atomic E-state index is 0.0240. The summed E-state index contributed by atoms with van der Waals surface area (Å²) in [5, 5.41) is 5.41. The highest BCUT2D eigenvalue weighted by molar-refractivity contribution is 7.09. The molecular weight excluding hydrogens is 580 g/mol. The summed E-state index contributed by atoms with van der Waals surface area (Å²) < 4.78 is 10.5. The van der Waals surface area contributed by atoms with Crippen LogP contribution >= 0.6 is 11.3 Å². The first-order chi connectivity index (χ1) is 21.2. The molecule has 1 aliphatic rings. The van der Waals surface area contributed by atoms with Crippen molar-refractivity contribution in [2.24, 2.45) is 5.92 Å². The summed E-state index contributed by atoms with van der Waals surface area (Å²) in [4.78, 5) is 60.8. The number of aromatic nitrogens is 1. The molecule has 1 unspecified atom stereocenters. The van der Waals surface area contributed by atoms with E-state index in [0.717, 1.165) is 17.0 Å². The molecule has 0 fully saturated rings. The van der Waals surface area contributed by atoms with Gasteiger partial charge in [-0.15, -0.1) is 11.3 Å². The number of benzene rings is 3. The number of hydrogen-bond donors (Lipinski definition) is 1. The fraction of sp³-hybridized carbons (Fsp3) is 0.242. The molecule has 0 radical (unpaired) electrons. The predicted octanol–water partition coefficient (Wildman–Crippen LogP) is 5.05. The van der Waals surface area contributed by atoms with Gasteiger partial charge < -0.3 is 19.7 Å². The predicted molar refractivity (Wildman–Crippen MR) is 168 cm³/mol. The maximum absolute atomic E-state index is 14.1. The van der Waals surface area contributed by atoms with Crippen LogP contribution in [0, 0.1) is 5.92 Å². The van der Waals surface area contributed by atoms with E-state index in [9.17, 15) is 19.2 Å². The summed E-state index contributed by atoms with van der Waals surface area (Å²) in [5.74, 6) is -1.27. The molecule has 10 nitrogen and oxygen atoms in total. The van der Waals surface area contributed by atoms with Crippen LogP contribution in [0.2, 0.25) is 0 Å². The first kappa shape index (κ1) is 30.4. The van der Waals surface area contributed by atoms with Crippen molar-refractivity contribution in [3.63, 3.8) is 0 Å². The zero-order valence-electron chi connectivity index (χ0n) is 24.8. The van der Waals surface area contributed by atoms with E-state index in [0.29, 0.717) is 22.1 Å². The first-order valence-corrected chi connectivity index (χ1v) is 14.9. The quantitative estimate of drug-likeness (QED) is 0.236. The largest absolute Gasteiger partial charge is 0.497 e. The third-order valence-corrected chi connectivity index (χ3v) is 8.16. The van der Waals surface area contributed by atoms with E-state index < -0.39 is 36.1 Å². The molecule has 5 rings (SSSR count). The Labute approximate surface area is 259 Å². The molecule has 44 heavy (non-hydrogen) atoms. The normalized spacial score (nSPS) is 13.1. The summed E-state index contributed by atoms with van der Waals surface area (Å²) in [6.07, 6.45) is 0. The molecule has 1 atom stereocenters. The Morgan fingerprint density at radius 3 is 2.20 bits per heavy atom. The molecule has 11 heteroatoms. The number of hydrogen-bond acceptors (Lipinski definition) is 8. The highest BCUT2D eigenvalue weighted by atomic mass is 32.1. The Morgan fingerprint density at radius 1 is 0.932 bits per heavy atom. The van der Waals surface area contributed by atoms with Gasteiger partial charge >= 0.3 is 0 Å². The maximum atomic E-state index is 14.1. The number of carbonyl (C=O) groups is 4. The molecule has 3 amide bonds. The Hall–Kier alpha value is -5.03. The second kappa shape index (κ2) is 13.1. The third-order valence-electron chi connectivity index (χ3n) is 7.33. The van der Waals surface area contributed by atoms with Gasteiger partial charge in [0.2, 0.25) is 11.8 Å². The van der Waals surface area contributed by atoms with E-state index in [-0.39, 0.29) is 18.0 Å². The number of fused-ring (bicyclic) bond motifs is 1. The van der Waals surface area contributed by atoms with Gasteiger partial charge in [0.1, 0.15) is 29.1 Å². The molecule has 0 saturated carbocycles. The Bertz CT molecular complexity index is 1680. The van der Waals surface area contributed by atoms with Gasteiger partial charge in [-0.25, -0.2) is 4.98 Å². The minimum Gasteiger partial charge on any atom is -0.497 e. The fourth-order valence-corrected chi connectivity index (χ4v) is 5.89. The number of nitrogens with one attached hydrogen (secondary N) is 1. The van der Waals surface area contributed by atoms with Crippen molar-refractivity contribution in [1.29, 1.82) is 0 Å². The second-order valence-electron chi connectivity index (χ2n) is 10.5. The lowest BCUT2D eigenvalue weighted by Crippen LogP contribution is -2.53. The van der Waals surface area contributed by atoms with Crippen molar-refractivity contribution in [2.75, 3.05) is 31.0 Å². The topological polar surface area (TPSA) is 118 Å². The summed E-state index contributed by atoms with van der Waals surface area (Å²) in [5.41, 5.74) is 2.76. The average Bonchev–Trinajstić information content (AvgIpc) is 3.60. The van der Waals surface area contributed by atoms with Gasteiger partial charge in [0.05, 0.1) is 37.7 Å². The van der Waals surface area contributed by atoms with Crippen LogP contribution in [0.15, 0.2) is 78.2 Å². The molecule has 1 N–H and O–H groups in total. The van der Waals surface area contributed by atoms with E-state index in [4.69, 9.17) is 14.5 Å². The number of ether oxygens (including phenoxy) is 2. The van der Waals surface area contributed by atoms with Crippen LogP contribution in [-0.2, 0) is 20.9 Å². The van der Waals surface area contributed by atoms with Crippen LogP contribution in [0.5, 0.6) is 11.5 Å². The number of ketones is 1. The lowest BCUT2D eigenvalue weighted by molar-refractivity contribution is -0.140. The standard InChI is InChI=1S/C33H32N4O6S/c1-20(2)30(32(40)34-22-11-15-24(43-4)16-12-22)37(17-28-35-26(19-44-28)21-9-13-23(42-3)14-10-21)29(38)18-36-27-8-6-5-7-25(27)31(39)33(36)41/h5-16,19-20,30H,17-18H2,1-4H3,(H,34,40). The van der Waals surface area contributed by atoms with E-state index in [1.807, 2.05) is 43.5 Å². The smallest absolute Gasteiger partial charge is 0.299 e. The molecule has 0 saturated heterocycles. The Kier molecular flexibility index (Phi) is 9.05. The molecule has 1 aromatic heterocycles. The van der Waals surface area contributed by atoms with Crippen molar-refractivity contribution in [2.45, 2.75) is 26.4 Å². The number of anilines is 2. The average molecular weight is 613 g/mol. The lowest BCUT2D eigenvalue weighted by atomic mass is 10.0. The Balaban J connectivity index is 1.45. The van der Waals surface area contributed by atoms with E-state index in [2.05, 4.69) is 5.32 Å². The number of carbonyl (C=O) groups excluding carboxylic acids is 4. The van der Waals surface area contributed by atoms with Crippen LogP contribution in [0.3, 0.4) is 0 Å². The number of amides is 3. The van der Waals surface area contributed by atoms with Crippen molar-refractivity contribution in [3.8, 4) is 22.8 Å². The lowest BCUT2D eigenvalue weighted by Gasteiger charge is -2.34. The molecule has 3 aromatic carbocycles. The van der Waals surface area contributed by atoms with Gasteiger partial charge in [-0.2, -0.15) is 0 Å². The van der Waals surface area contributed by atoms with Crippen LogP contribution in [0.1, 0.15) is 29.2 Å². The highest BCUT2D eigenvalue weighted by Gasteiger charge is 2.40. The summed E-state index contributed by atoms with van der Waals surface area (Å²) >= 11 is 1.36. The van der Waals surface area contributed by atoms with Gasteiger partial charge in [0.25, 0.3) is 11.7 Å².